The van der Waals surface area contributed by atoms with E-state index < -0.39 is 24.2 Å². The zero-order valence-corrected chi connectivity index (χ0v) is 11.4. The molecule has 1 atom stereocenters. The van der Waals surface area contributed by atoms with E-state index in [0.717, 1.165) is 12.2 Å². The topological polar surface area (TPSA) is 181 Å². The molecule has 1 heterocycles. The maximum Gasteiger partial charge on any atom is 0.490 e. The third kappa shape index (κ3) is 12.8. The van der Waals surface area contributed by atoms with Crippen LogP contribution in [0.1, 0.15) is 5.82 Å². The first-order valence-corrected chi connectivity index (χ1v) is 5.73. The number of imidazole rings is 1. The number of nitrogens with zero attached hydrogens (tertiary/aromatic N) is 1. The molecule has 9 N–H and O–H groups in total. The first kappa shape index (κ1) is 22.1. The Kier molecular flexibility index (Phi) is 11.5. The number of rotatable bonds is 4. The second-order valence-electron chi connectivity index (χ2n) is 3.56. The highest BCUT2D eigenvalue weighted by atomic mass is 19.4. The van der Waals surface area contributed by atoms with Crippen molar-refractivity contribution >= 4 is 11.9 Å². The maximum absolute atomic E-state index is 10.6. The lowest BCUT2D eigenvalue weighted by molar-refractivity contribution is -0.192. The Morgan fingerprint density at radius 3 is 2.00 bits per heavy atom. The number of aromatic amines is 1. The molecular weight excluding hydrogens is 311 g/mol. The number of aliphatic carboxylic acids is 2. The Bertz CT molecular complexity index is 425. The third-order valence-electron chi connectivity index (χ3n) is 1.75. The molecule has 0 aromatic carbocycles. The molecule has 0 bridgehead atoms. The van der Waals surface area contributed by atoms with Crippen molar-refractivity contribution in [2.75, 3.05) is 13.1 Å². The summed E-state index contributed by atoms with van der Waals surface area (Å²) < 4.78 is 31.7. The monoisotopic (exact) mass is 329 g/mol. The first-order chi connectivity index (χ1) is 10.1. The molecule has 1 aromatic rings. The Labute approximate surface area is 123 Å². The fourth-order valence-corrected chi connectivity index (χ4v) is 0.672. The fourth-order valence-electron chi connectivity index (χ4n) is 0.672. The molecule has 0 aliphatic rings. The highest BCUT2D eigenvalue weighted by molar-refractivity contribution is 5.73. The van der Waals surface area contributed by atoms with E-state index in [1.54, 1.807) is 12.4 Å². The van der Waals surface area contributed by atoms with Crippen LogP contribution >= 0.6 is 0 Å². The van der Waals surface area contributed by atoms with Gasteiger partial charge in [-0.05, 0) is 6.54 Å². The summed E-state index contributed by atoms with van der Waals surface area (Å²) in [4.78, 5) is 25.5. The number of halogens is 3. The summed E-state index contributed by atoms with van der Waals surface area (Å²) in [6, 6.07) is -0.903. The minimum absolute atomic E-state index is 0.00463. The lowest BCUT2D eigenvalue weighted by atomic mass is 10.3. The molecule has 9 nitrogen and oxygen atoms in total. The molecular formula is C10H18F3N5O4. The number of carboxylic acids is 2. The molecule has 0 aliphatic heterocycles. The van der Waals surface area contributed by atoms with Crippen LogP contribution in [0.2, 0.25) is 0 Å². The number of hydrogen-bond donors (Lipinski definition) is 6. The molecule has 0 fully saturated rings. The number of carbonyl (C=O) groups is 2. The molecule has 128 valence electrons. The van der Waals surface area contributed by atoms with Crippen LogP contribution in [-0.4, -0.2) is 57.4 Å². The molecule has 0 unspecified atom stereocenters. The van der Waals surface area contributed by atoms with Crippen LogP contribution in [-0.2, 0) is 16.0 Å². The molecule has 1 aromatic heterocycles. The van der Waals surface area contributed by atoms with Crippen LogP contribution in [0.3, 0.4) is 0 Å². The Morgan fingerprint density at radius 1 is 1.32 bits per heavy atom. The number of nitrogens with two attached hydrogens (primary N) is 3. The summed E-state index contributed by atoms with van der Waals surface area (Å²) in [5.41, 5.74) is 15.0. The van der Waals surface area contributed by atoms with Crippen LogP contribution in [0.5, 0.6) is 0 Å². The minimum atomic E-state index is -5.08. The molecule has 0 amide bonds. The number of H-pyrrole nitrogens is 1. The summed E-state index contributed by atoms with van der Waals surface area (Å²) in [5.74, 6) is -2.84. The Hall–Kier alpha value is -2.18. The van der Waals surface area contributed by atoms with Gasteiger partial charge in [0.2, 0.25) is 0 Å². The van der Waals surface area contributed by atoms with Gasteiger partial charge in [0.15, 0.2) is 0 Å². The van der Waals surface area contributed by atoms with Crippen LogP contribution in [0.25, 0.3) is 0 Å². The van der Waals surface area contributed by atoms with Crippen LogP contribution in [0.4, 0.5) is 13.2 Å². The number of aromatic nitrogens is 2. The van der Waals surface area contributed by atoms with E-state index >= 15 is 0 Å². The predicted molar refractivity (Wildman–Crippen MR) is 69.7 cm³/mol. The van der Waals surface area contributed by atoms with Crippen LogP contribution < -0.4 is 17.2 Å². The van der Waals surface area contributed by atoms with Crippen LogP contribution in [0.15, 0.2) is 12.4 Å². The van der Waals surface area contributed by atoms with Crippen molar-refractivity contribution < 1.29 is 33.0 Å². The molecule has 0 radical (unpaired) electrons. The van der Waals surface area contributed by atoms with Gasteiger partial charge in [0, 0.05) is 25.4 Å². The largest absolute Gasteiger partial charge is 0.490 e. The number of alkyl halides is 3. The van der Waals surface area contributed by atoms with E-state index in [-0.39, 0.29) is 6.54 Å². The average Bonchev–Trinajstić information content (AvgIpc) is 2.91. The average molecular weight is 329 g/mol. The van der Waals surface area contributed by atoms with E-state index in [9.17, 15) is 18.0 Å². The maximum atomic E-state index is 10.6. The van der Waals surface area contributed by atoms with Crippen LogP contribution in [0, 0.1) is 0 Å². The van der Waals surface area contributed by atoms with E-state index in [1.807, 2.05) is 0 Å². The van der Waals surface area contributed by atoms with Crippen molar-refractivity contribution in [3.8, 4) is 0 Å². The number of hydrogen-bond acceptors (Lipinski definition) is 6. The van der Waals surface area contributed by atoms with E-state index in [0.29, 0.717) is 6.54 Å². The van der Waals surface area contributed by atoms with E-state index in [1.165, 1.54) is 0 Å². The summed E-state index contributed by atoms with van der Waals surface area (Å²) in [5, 5.41) is 15.1. The minimum Gasteiger partial charge on any atom is -0.480 e. The zero-order chi connectivity index (χ0) is 17.8. The van der Waals surface area contributed by atoms with Gasteiger partial charge in [-0.2, -0.15) is 13.2 Å². The Morgan fingerprint density at radius 2 is 1.82 bits per heavy atom. The molecule has 1 rings (SSSR count). The third-order valence-corrected chi connectivity index (χ3v) is 1.75. The summed E-state index contributed by atoms with van der Waals surface area (Å²) in [6.45, 7) is 0.656. The van der Waals surface area contributed by atoms with Crippen molar-refractivity contribution in [3.05, 3.63) is 18.2 Å². The smallest absolute Gasteiger partial charge is 0.480 e. The van der Waals surface area contributed by atoms with E-state index in [2.05, 4.69) is 9.97 Å². The normalized spacial score (nSPS) is 11.4. The SMILES string of the molecule is NCCc1ncc[nH]1.NC[C@H](N)C(=O)O.O=C(O)C(F)(F)F. The molecule has 12 heteroatoms. The van der Waals surface area contributed by atoms with Gasteiger partial charge >= 0.3 is 18.1 Å². The standard InChI is InChI=1S/C5H9N3.C3H8N2O2.C2HF3O2/c6-2-1-5-7-3-4-8-5;4-1-2(5)3(6)7;3-2(4,5)1(6)7/h3-4H,1-2,6H2,(H,7,8);2H,1,4-5H2,(H,6,7);(H,6,7)/t;2-;/m.0./s1. The molecule has 22 heavy (non-hydrogen) atoms. The first-order valence-electron chi connectivity index (χ1n) is 5.73. The summed E-state index contributed by atoms with van der Waals surface area (Å²) in [6.07, 6.45) is -0.719. The zero-order valence-electron chi connectivity index (χ0n) is 11.4. The van der Waals surface area contributed by atoms with Gasteiger partial charge in [-0.3, -0.25) is 4.79 Å². The van der Waals surface area contributed by atoms with Gasteiger partial charge in [0.25, 0.3) is 0 Å². The van der Waals surface area contributed by atoms with Crippen molar-refractivity contribution in [2.45, 2.75) is 18.6 Å². The fraction of sp³-hybridized carbons (Fsp3) is 0.500. The van der Waals surface area contributed by atoms with Gasteiger partial charge in [0.1, 0.15) is 11.9 Å². The van der Waals surface area contributed by atoms with Gasteiger partial charge in [-0.15, -0.1) is 0 Å². The summed E-state index contributed by atoms with van der Waals surface area (Å²) in [7, 11) is 0. The van der Waals surface area contributed by atoms with Gasteiger partial charge in [-0.1, -0.05) is 0 Å². The van der Waals surface area contributed by atoms with Gasteiger partial charge in [0.05, 0.1) is 0 Å². The number of nitrogens with one attached hydrogen (secondary N) is 1. The second-order valence-corrected chi connectivity index (χ2v) is 3.56. The quantitative estimate of drug-likeness (QED) is 0.402. The van der Waals surface area contributed by atoms with Crippen molar-refractivity contribution in [3.63, 3.8) is 0 Å². The predicted octanol–water partition coefficient (Wildman–Crippen LogP) is -1.10. The van der Waals surface area contributed by atoms with Crippen molar-refractivity contribution in [2.24, 2.45) is 17.2 Å². The molecule has 0 spiro atoms. The van der Waals surface area contributed by atoms with E-state index in [4.69, 9.17) is 32.2 Å². The lowest BCUT2D eigenvalue weighted by Crippen LogP contribution is -2.37. The molecule has 0 saturated heterocycles. The van der Waals surface area contributed by atoms with Gasteiger partial charge in [-0.25, -0.2) is 9.78 Å². The second kappa shape index (κ2) is 11.5. The molecule has 0 aliphatic carbocycles. The molecule has 0 saturated carbocycles. The Balaban J connectivity index is 0. The number of carboxylic acid groups (broad SMARTS) is 2. The van der Waals surface area contributed by atoms with Crippen molar-refractivity contribution in [1.29, 1.82) is 0 Å². The highest BCUT2D eigenvalue weighted by Crippen LogP contribution is 2.13. The highest BCUT2D eigenvalue weighted by Gasteiger charge is 2.38. The van der Waals surface area contributed by atoms with Crippen molar-refractivity contribution in [1.82, 2.24) is 9.97 Å². The lowest BCUT2D eigenvalue weighted by Gasteiger charge is -1.97. The summed E-state index contributed by atoms with van der Waals surface area (Å²) >= 11 is 0. The van der Waals surface area contributed by atoms with Gasteiger partial charge < -0.3 is 32.4 Å².